The van der Waals surface area contributed by atoms with E-state index in [2.05, 4.69) is 15.6 Å². The molecule has 1 aromatic carbocycles. The van der Waals surface area contributed by atoms with Gasteiger partial charge >= 0.3 is 6.03 Å². The fourth-order valence-corrected chi connectivity index (χ4v) is 3.48. The zero-order valence-electron chi connectivity index (χ0n) is 13.7. The van der Waals surface area contributed by atoms with Crippen molar-refractivity contribution in [3.05, 3.63) is 42.1 Å². The molecule has 2 aromatic rings. The lowest BCUT2D eigenvalue weighted by molar-refractivity contribution is -0.00914. The molecule has 0 radical (unpaired) electrons. The van der Waals surface area contributed by atoms with E-state index < -0.39 is 0 Å². The van der Waals surface area contributed by atoms with Gasteiger partial charge in [0.1, 0.15) is 0 Å². The van der Waals surface area contributed by atoms with Crippen molar-refractivity contribution in [1.29, 1.82) is 0 Å². The standard InChI is InChI=1S/C19H23N3O2/c23-19(22-15-8-10-24-18(11-15)13-5-6-13)21-12-14-7-9-20-17-4-2-1-3-16(14)17/h1-4,7,9,13,15,18H,5-6,8,10-12H2,(H2,21,22,23)/t15-,18+/m1/s1. The SMILES string of the molecule is O=C(NCc1ccnc2ccccc12)N[C@@H]1CCO[C@H](C2CC2)C1. The van der Waals surface area contributed by atoms with Crippen LogP contribution < -0.4 is 10.6 Å². The van der Waals surface area contributed by atoms with E-state index in [-0.39, 0.29) is 12.1 Å². The third kappa shape index (κ3) is 3.51. The average Bonchev–Trinajstić information content (AvgIpc) is 3.45. The van der Waals surface area contributed by atoms with E-state index in [4.69, 9.17) is 4.74 Å². The number of nitrogens with one attached hydrogen (secondary N) is 2. The van der Waals surface area contributed by atoms with Gasteiger partial charge in [0.05, 0.1) is 11.6 Å². The van der Waals surface area contributed by atoms with Crippen molar-refractivity contribution in [3.8, 4) is 0 Å². The van der Waals surface area contributed by atoms with Crippen LogP contribution in [0.4, 0.5) is 4.79 Å². The van der Waals surface area contributed by atoms with Gasteiger partial charge in [-0.1, -0.05) is 18.2 Å². The maximum absolute atomic E-state index is 12.2. The molecule has 1 aliphatic carbocycles. The van der Waals surface area contributed by atoms with E-state index in [9.17, 15) is 4.79 Å². The van der Waals surface area contributed by atoms with Crippen LogP contribution >= 0.6 is 0 Å². The van der Waals surface area contributed by atoms with Gasteiger partial charge in [-0.15, -0.1) is 0 Å². The number of aromatic nitrogens is 1. The van der Waals surface area contributed by atoms with Crippen LogP contribution in [0.5, 0.6) is 0 Å². The van der Waals surface area contributed by atoms with Gasteiger partial charge in [-0.3, -0.25) is 4.98 Å². The van der Waals surface area contributed by atoms with Crippen LogP contribution in [-0.4, -0.2) is 29.8 Å². The molecule has 2 fully saturated rings. The Balaban J connectivity index is 1.32. The van der Waals surface area contributed by atoms with Crippen LogP contribution in [0.1, 0.15) is 31.2 Å². The van der Waals surface area contributed by atoms with Crippen LogP contribution in [0.15, 0.2) is 36.5 Å². The monoisotopic (exact) mass is 325 g/mol. The number of carbonyl (C=O) groups excluding carboxylic acids is 1. The molecule has 1 saturated carbocycles. The molecule has 2 amide bonds. The summed E-state index contributed by atoms with van der Waals surface area (Å²) in [5, 5.41) is 7.17. The number of amides is 2. The highest BCUT2D eigenvalue weighted by Crippen LogP contribution is 2.38. The van der Waals surface area contributed by atoms with Crippen molar-refractivity contribution in [3.63, 3.8) is 0 Å². The lowest BCUT2D eigenvalue weighted by Crippen LogP contribution is -2.46. The molecule has 2 N–H and O–H groups in total. The maximum atomic E-state index is 12.2. The minimum atomic E-state index is -0.0997. The molecule has 24 heavy (non-hydrogen) atoms. The number of pyridine rings is 1. The molecule has 126 valence electrons. The van der Waals surface area contributed by atoms with E-state index in [0.29, 0.717) is 12.6 Å². The van der Waals surface area contributed by atoms with Gasteiger partial charge in [0.2, 0.25) is 0 Å². The molecule has 5 nitrogen and oxygen atoms in total. The van der Waals surface area contributed by atoms with Gasteiger partial charge in [-0.25, -0.2) is 4.79 Å². The van der Waals surface area contributed by atoms with Gasteiger partial charge in [-0.2, -0.15) is 0 Å². The van der Waals surface area contributed by atoms with Crippen LogP contribution in [0.25, 0.3) is 10.9 Å². The highest BCUT2D eigenvalue weighted by molar-refractivity contribution is 5.82. The van der Waals surface area contributed by atoms with Crippen molar-refractivity contribution in [2.75, 3.05) is 6.61 Å². The zero-order chi connectivity index (χ0) is 16.4. The van der Waals surface area contributed by atoms with Gasteiger partial charge in [0.25, 0.3) is 0 Å². The van der Waals surface area contributed by atoms with Crippen LogP contribution in [-0.2, 0) is 11.3 Å². The Labute approximate surface area is 141 Å². The van der Waals surface area contributed by atoms with E-state index >= 15 is 0 Å². The molecular weight excluding hydrogens is 302 g/mol. The molecule has 2 aliphatic rings. The summed E-state index contributed by atoms with van der Waals surface area (Å²) in [5.74, 6) is 0.723. The minimum Gasteiger partial charge on any atom is -0.378 e. The molecule has 1 saturated heterocycles. The summed E-state index contributed by atoms with van der Waals surface area (Å²) in [4.78, 5) is 16.6. The van der Waals surface area contributed by atoms with Crippen LogP contribution in [0.2, 0.25) is 0 Å². The lowest BCUT2D eigenvalue weighted by Gasteiger charge is -2.30. The highest BCUT2D eigenvalue weighted by Gasteiger charge is 2.36. The van der Waals surface area contributed by atoms with E-state index in [1.165, 1.54) is 12.8 Å². The van der Waals surface area contributed by atoms with Crippen molar-refractivity contribution in [1.82, 2.24) is 15.6 Å². The first-order valence-electron chi connectivity index (χ1n) is 8.78. The predicted molar refractivity (Wildman–Crippen MR) is 92.6 cm³/mol. The molecule has 1 aliphatic heterocycles. The third-order valence-electron chi connectivity index (χ3n) is 4.98. The third-order valence-corrected chi connectivity index (χ3v) is 4.98. The number of hydrogen-bond acceptors (Lipinski definition) is 3. The second-order valence-electron chi connectivity index (χ2n) is 6.78. The number of ether oxygens (including phenoxy) is 1. The number of hydrogen-bond donors (Lipinski definition) is 2. The number of para-hydroxylation sites is 1. The summed E-state index contributed by atoms with van der Waals surface area (Å²) in [6.07, 6.45) is 6.52. The van der Waals surface area contributed by atoms with Crippen molar-refractivity contribution >= 4 is 16.9 Å². The Bertz CT molecular complexity index is 724. The van der Waals surface area contributed by atoms with Crippen molar-refractivity contribution < 1.29 is 9.53 Å². The van der Waals surface area contributed by atoms with E-state index in [0.717, 1.165) is 41.8 Å². The first-order valence-corrected chi connectivity index (χ1v) is 8.78. The van der Waals surface area contributed by atoms with Crippen molar-refractivity contribution in [2.24, 2.45) is 5.92 Å². The van der Waals surface area contributed by atoms with Gasteiger partial charge in [-0.05, 0) is 49.3 Å². The fraction of sp³-hybridized carbons (Fsp3) is 0.474. The zero-order valence-corrected chi connectivity index (χ0v) is 13.7. The predicted octanol–water partition coefficient (Wildman–Crippen LogP) is 2.99. The molecule has 0 unspecified atom stereocenters. The van der Waals surface area contributed by atoms with Crippen molar-refractivity contribution in [2.45, 2.75) is 44.4 Å². The summed E-state index contributed by atoms with van der Waals surface area (Å²) in [6.45, 7) is 1.26. The number of carbonyl (C=O) groups is 1. The number of rotatable bonds is 4. The Hall–Kier alpha value is -2.14. The second-order valence-corrected chi connectivity index (χ2v) is 6.78. The lowest BCUT2D eigenvalue weighted by atomic mass is 10.0. The Kier molecular flexibility index (Phi) is 4.34. The number of nitrogens with zero attached hydrogens (tertiary/aromatic N) is 1. The molecule has 0 bridgehead atoms. The summed E-state index contributed by atoms with van der Waals surface area (Å²) in [5.41, 5.74) is 2.03. The molecule has 2 heterocycles. The topological polar surface area (TPSA) is 63.2 Å². The number of benzene rings is 1. The molecule has 4 rings (SSSR count). The first kappa shape index (κ1) is 15.4. The molecule has 0 spiro atoms. The summed E-state index contributed by atoms with van der Waals surface area (Å²) in [6, 6.07) is 10.1. The largest absolute Gasteiger partial charge is 0.378 e. The summed E-state index contributed by atoms with van der Waals surface area (Å²) >= 11 is 0. The Morgan fingerprint density at radius 1 is 1.21 bits per heavy atom. The first-order chi connectivity index (χ1) is 11.8. The summed E-state index contributed by atoms with van der Waals surface area (Å²) < 4.78 is 5.81. The number of fused-ring (bicyclic) bond motifs is 1. The Morgan fingerprint density at radius 2 is 2.08 bits per heavy atom. The van der Waals surface area contributed by atoms with Gasteiger partial charge in [0.15, 0.2) is 0 Å². The molecule has 5 heteroatoms. The van der Waals surface area contributed by atoms with Crippen LogP contribution in [0.3, 0.4) is 0 Å². The smallest absolute Gasteiger partial charge is 0.315 e. The summed E-state index contributed by atoms with van der Waals surface area (Å²) in [7, 11) is 0. The molecular formula is C19H23N3O2. The molecule has 2 atom stereocenters. The normalized spacial score (nSPS) is 23.8. The fourth-order valence-electron chi connectivity index (χ4n) is 3.48. The van der Waals surface area contributed by atoms with Crippen LogP contribution in [0, 0.1) is 5.92 Å². The number of urea groups is 1. The minimum absolute atomic E-state index is 0.0997. The van der Waals surface area contributed by atoms with E-state index in [1.54, 1.807) is 6.20 Å². The quantitative estimate of drug-likeness (QED) is 0.908. The Morgan fingerprint density at radius 3 is 2.96 bits per heavy atom. The van der Waals surface area contributed by atoms with Gasteiger partial charge in [0, 0.05) is 30.8 Å². The average molecular weight is 325 g/mol. The molecule has 1 aromatic heterocycles. The second kappa shape index (κ2) is 6.77. The van der Waals surface area contributed by atoms with Gasteiger partial charge < -0.3 is 15.4 Å². The van der Waals surface area contributed by atoms with E-state index in [1.807, 2.05) is 30.3 Å². The maximum Gasteiger partial charge on any atom is 0.315 e. The highest BCUT2D eigenvalue weighted by atomic mass is 16.5.